The molecule has 3 nitrogen and oxygen atoms in total. The largest absolute Gasteiger partial charge is 0.457 e. The summed E-state index contributed by atoms with van der Waals surface area (Å²) in [5.41, 5.74) is 25.7. The molecule has 13 aromatic rings. The second-order valence-corrected chi connectivity index (χ2v) is 22.8. The Hall–Kier alpha value is -10.7. The highest BCUT2D eigenvalue weighted by Crippen LogP contribution is 2.67. The fourth-order valence-electron chi connectivity index (χ4n) is 16.0. The van der Waals surface area contributed by atoms with Crippen molar-refractivity contribution >= 4 is 17.1 Å². The molecule has 3 heteroatoms. The predicted molar refractivity (Wildman–Crippen MR) is 339 cm³/mol. The molecule has 0 saturated heterocycles. The molecule has 0 unspecified atom stereocenters. The zero-order valence-corrected chi connectivity index (χ0v) is 45.7. The molecule has 2 spiro atoms. The third-order valence-electron chi connectivity index (χ3n) is 19.1. The number of hydrogen-bond acceptors (Lipinski definition) is 3. The number of ether oxygens (including phenoxy) is 2. The Bertz CT molecular complexity index is 4730. The van der Waals surface area contributed by atoms with Gasteiger partial charge >= 0.3 is 0 Å². The Morgan fingerprint density at radius 3 is 1.06 bits per heavy atom. The van der Waals surface area contributed by atoms with Gasteiger partial charge in [0.2, 0.25) is 0 Å². The van der Waals surface area contributed by atoms with E-state index in [-0.39, 0.29) is 0 Å². The number of benzene rings is 13. The van der Waals surface area contributed by atoms with Gasteiger partial charge in [-0.3, -0.25) is 0 Å². The SMILES string of the molecule is c1ccc(C2(c3ccccc3)c3ccccc3-c3c(N(c4ccc(-c5ccc6c(c5)-c5ccccc5C65c6ccccc6Oc6ccccc65)cc4)c4cccc5c4-c4ccccc4C54c5ccccc5Oc5ccccc54)cccc32)cc1. The van der Waals surface area contributed by atoms with Gasteiger partial charge < -0.3 is 14.4 Å². The van der Waals surface area contributed by atoms with E-state index in [2.05, 4.69) is 314 Å². The first kappa shape index (κ1) is 47.0. The van der Waals surface area contributed by atoms with Crippen LogP contribution in [0.15, 0.2) is 309 Å². The van der Waals surface area contributed by atoms with Gasteiger partial charge in [-0.05, 0) is 132 Å². The Balaban J connectivity index is 0.876. The third-order valence-corrected chi connectivity index (χ3v) is 19.1. The fourth-order valence-corrected chi connectivity index (χ4v) is 16.0. The van der Waals surface area contributed by atoms with Gasteiger partial charge in [-0.1, -0.05) is 255 Å². The predicted octanol–water partition coefficient (Wildman–Crippen LogP) is 20.1. The molecule has 18 rings (SSSR count). The van der Waals surface area contributed by atoms with Gasteiger partial charge in [0.05, 0.1) is 27.6 Å². The van der Waals surface area contributed by atoms with Crippen LogP contribution < -0.4 is 14.4 Å². The molecular weight excluding hydrogens is 1020 g/mol. The quantitative estimate of drug-likeness (QED) is 0.166. The lowest BCUT2D eigenvalue weighted by Gasteiger charge is -2.39. The van der Waals surface area contributed by atoms with Gasteiger partial charge in [0, 0.05) is 39.1 Å². The molecule has 0 amide bonds. The average Bonchev–Trinajstić information content (AvgIpc) is 1.64. The van der Waals surface area contributed by atoms with Crippen LogP contribution in [0, 0.1) is 0 Å². The monoisotopic (exact) mass is 1070 g/mol. The maximum atomic E-state index is 6.82. The summed E-state index contributed by atoms with van der Waals surface area (Å²) in [6.45, 7) is 0. The second-order valence-electron chi connectivity index (χ2n) is 22.8. The maximum Gasteiger partial charge on any atom is 0.132 e. The molecule has 0 radical (unpaired) electrons. The van der Waals surface area contributed by atoms with Crippen LogP contribution >= 0.6 is 0 Å². The van der Waals surface area contributed by atoms with Gasteiger partial charge in [-0.2, -0.15) is 0 Å². The lowest BCUT2D eigenvalue weighted by molar-refractivity contribution is 0.436. The number of nitrogens with zero attached hydrogens (tertiary/aromatic N) is 1. The van der Waals surface area contributed by atoms with Gasteiger partial charge in [-0.25, -0.2) is 0 Å². The Kier molecular flexibility index (Phi) is 9.86. The van der Waals surface area contributed by atoms with Crippen molar-refractivity contribution in [2.45, 2.75) is 16.2 Å². The van der Waals surface area contributed by atoms with Gasteiger partial charge in [-0.15, -0.1) is 0 Å². The molecule has 5 aliphatic rings. The van der Waals surface area contributed by atoms with E-state index < -0.39 is 16.2 Å². The van der Waals surface area contributed by atoms with Crippen molar-refractivity contribution in [1.29, 1.82) is 0 Å². The molecule has 392 valence electrons. The molecule has 84 heavy (non-hydrogen) atoms. The van der Waals surface area contributed by atoms with E-state index >= 15 is 0 Å². The lowest BCUT2D eigenvalue weighted by atomic mass is 9.66. The molecule has 0 aromatic heterocycles. The van der Waals surface area contributed by atoms with Crippen LogP contribution in [0.3, 0.4) is 0 Å². The highest BCUT2D eigenvalue weighted by molar-refractivity contribution is 6.03. The minimum atomic E-state index is -0.649. The van der Waals surface area contributed by atoms with Crippen LogP contribution in [-0.2, 0) is 16.2 Å². The van der Waals surface area contributed by atoms with E-state index in [1.807, 2.05) is 0 Å². The van der Waals surface area contributed by atoms with Crippen LogP contribution in [0.2, 0.25) is 0 Å². The van der Waals surface area contributed by atoms with Crippen LogP contribution in [-0.4, -0.2) is 0 Å². The minimum absolute atomic E-state index is 0.532. The standard InChI is InChI=1S/C81H51NO2/c1-3-23-54(24-4-1)79(55-25-5-2-6-26-55)62-31-11-8-28-58(62)77-69(79)37-21-39-71(77)82(72-40-22-38-70-78(72)59-29-9-12-32-63(59)81(70)67-35-15-19-43-75(67)84-76-44-20-16-36-68(76)81)56-48-45-52(46-49-56)53-47-50-64-60(51-53)57-27-7-10-30-61(57)80(64)65-33-13-17-41-73(65)83-74-42-18-14-34-66(74)80/h1-51H. The smallest absolute Gasteiger partial charge is 0.132 e. The van der Waals surface area contributed by atoms with Crippen molar-refractivity contribution in [3.05, 3.63) is 376 Å². The average molecular weight is 1070 g/mol. The summed E-state index contributed by atoms with van der Waals surface area (Å²) in [6.07, 6.45) is 0. The fraction of sp³-hybridized carbons (Fsp3) is 0.0370. The normalized spacial score (nSPS) is 14.7. The number of anilines is 3. The highest BCUT2D eigenvalue weighted by atomic mass is 16.5. The van der Waals surface area contributed by atoms with E-state index in [9.17, 15) is 0 Å². The zero-order valence-electron chi connectivity index (χ0n) is 45.7. The molecular formula is C81H51NO2. The first-order chi connectivity index (χ1) is 41.7. The van der Waals surface area contributed by atoms with Crippen molar-refractivity contribution in [1.82, 2.24) is 0 Å². The van der Waals surface area contributed by atoms with Gasteiger partial charge in [0.25, 0.3) is 0 Å². The van der Waals surface area contributed by atoms with Crippen LogP contribution in [0.5, 0.6) is 23.0 Å². The highest BCUT2D eigenvalue weighted by Gasteiger charge is 2.54. The Labute approximate surface area is 488 Å². The van der Waals surface area contributed by atoms with E-state index in [1.165, 1.54) is 77.9 Å². The topological polar surface area (TPSA) is 21.7 Å². The maximum absolute atomic E-state index is 6.82. The molecule has 0 N–H and O–H groups in total. The number of fused-ring (bicyclic) bond motifs is 21. The van der Waals surface area contributed by atoms with Crippen molar-refractivity contribution < 1.29 is 9.47 Å². The summed E-state index contributed by atoms with van der Waals surface area (Å²) in [6, 6.07) is 114. The molecule has 0 saturated carbocycles. The molecule has 0 bridgehead atoms. The third kappa shape index (κ3) is 6.04. The van der Waals surface area contributed by atoms with Gasteiger partial charge in [0.1, 0.15) is 23.0 Å². The summed E-state index contributed by atoms with van der Waals surface area (Å²) in [5.74, 6) is 3.54. The summed E-state index contributed by atoms with van der Waals surface area (Å²) < 4.78 is 13.5. The van der Waals surface area contributed by atoms with Gasteiger partial charge in [0.15, 0.2) is 0 Å². The molecule has 0 atom stereocenters. The van der Waals surface area contributed by atoms with Crippen LogP contribution in [0.25, 0.3) is 44.5 Å². The molecule has 2 heterocycles. The summed E-state index contributed by atoms with van der Waals surface area (Å²) in [7, 11) is 0. The summed E-state index contributed by atoms with van der Waals surface area (Å²) in [4.78, 5) is 2.57. The van der Waals surface area contributed by atoms with E-state index in [1.54, 1.807) is 0 Å². The van der Waals surface area contributed by atoms with Crippen LogP contribution in [0.4, 0.5) is 17.1 Å². The molecule has 13 aromatic carbocycles. The zero-order chi connectivity index (χ0) is 55.1. The first-order valence-electron chi connectivity index (χ1n) is 29.1. The van der Waals surface area contributed by atoms with Crippen LogP contribution in [0.1, 0.15) is 66.8 Å². The minimum Gasteiger partial charge on any atom is -0.457 e. The number of hydrogen-bond donors (Lipinski definition) is 0. The number of para-hydroxylation sites is 4. The lowest BCUT2D eigenvalue weighted by Crippen LogP contribution is -2.32. The molecule has 2 aliphatic heterocycles. The van der Waals surface area contributed by atoms with Crippen molar-refractivity contribution in [2.75, 3.05) is 4.90 Å². The molecule has 0 fully saturated rings. The Morgan fingerprint density at radius 2 is 0.571 bits per heavy atom. The first-order valence-corrected chi connectivity index (χ1v) is 29.1. The van der Waals surface area contributed by atoms with E-state index in [4.69, 9.17) is 9.47 Å². The van der Waals surface area contributed by atoms with E-state index in [0.29, 0.717) is 0 Å². The summed E-state index contributed by atoms with van der Waals surface area (Å²) >= 11 is 0. The van der Waals surface area contributed by atoms with E-state index in [0.717, 1.165) is 73.4 Å². The molecule has 3 aliphatic carbocycles. The number of rotatable bonds is 6. The van der Waals surface area contributed by atoms with Crippen molar-refractivity contribution in [3.8, 4) is 67.5 Å². The van der Waals surface area contributed by atoms with Crippen molar-refractivity contribution in [3.63, 3.8) is 0 Å². The Morgan fingerprint density at radius 1 is 0.226 bits per heavy atom. The summed E-state index contributed by atoms with van der Waals surface area (Å²) in [5, 5.41) is 0. The van der Waals surface area contributed by atoms with Crippen molar-refractivity contribution in [2.24, 2.45) is 0 Å². The second kappa shape index (κ2) is 17.6.